The van der Waals surface area contributed by atoms with Crippen molar-refractivity contribution < 1.29 is 13.5 Å². The van der Waals surface area contributed by atoms with Gasteiger partial charge < -0.3 is 5.11 Å². The van der Waals surface area contributed by atoms with Gasteiger partial charge in [0.2, 0.25) is 10.0 Å². The molecule has 0 saturated carbocycles. The Morgan fingerprint density at radius 2 is 2.17 bits per heavy atom. The fourth-order valence-corrected chi connectivity index (χ4v) is 4.52. The summed E-state index contributed by atoms with van der Waals surface area (Å²) in [5.74, 6) is 0.0882. The quantitative estimate of drug-likeness (QED) is 0.813. The van der Waals surface area contributed by atoms with Crippen molar-refractivity contribution in [1.82, 2.24) is 4.72 Å². The minimum atomic E-state index is -3.59. The Labute approximate surface area is 117 Å². The van der Waals surface area contributed by atoms with Crippen LogP contribution in [0.1, 0.15) is 26.7 Å². The monoisotopic (exact) mass is 311 g/mol. The lowest BCUT2D eigenvalue weighted by Crippen LogP contribution is -2.41. The summed E-state index contributed by atoms with van der Waals surface area (Å²) in [4.78, 5) is 0. The Morgan fingerprint density at radius 1 is 1.50 bits per heavy atom. The summed E-state index contributed by atoms with van der Waals surface area (Å²) in [5.41, 5.74) is 0. The molecule has 18 heavy (non-hydrogen) atoms. The average Bonchev–Trinajstić information content (AvgIpc) is 2.74. The maximum absolute atomic E-state index is 12.1. The number of aliphatic hydroxyl groups excluding tert-OH is 1. The molecule has 1 aromatic heterocycles. The summed E-state index contributed by atoms with van der Waals surface area (Å²) in [6.07, 6.45) is 1.81. The zero-order valence-corrected chi connectivity index (χ0v) is 12.8. The van der Waals surface area contributed by atoms with Gasteiger partial charge in [0.1, 0.15) is 4.21 Å². The topological polar surface area (TPSA) is 66.4 Å². The van der Waals surface area contributed by atoms with E-state index in [-0.39, 0.29) is 16.7 Å². The van der Waals surface area contributed by atoms with Gasteiger partial charge in [-0.05, 0) is 24.5 Å². The van der Waals surface area contributed by atoms with Crippen LogP contribution in [-0.4, -0.2) is 26.2 Å². The Morgan fingerprint density at radius 3 is 2.61 bits per heavy atom. The van der Waals surface area contributed by atoms with Gasteiger partial charge >= 0.3 is 0 Å². The normalized spacial score (nSPS) is 15.6. The van der Waals surface area contributed by atoms with Crippen molar-refractivity contribution in [3.05, 3.63) is 16.5 Å². The maximum atomic E-state index is 12.1. The number of sulfonamides is 1. The highest BCUT2D eigenvalue weighted by molar-refractivity contribution is 7.91. The summed E-state index contributed by atoms with van der Waals surface area (Å²) in [5, 5.41) is 9.29. The summed E-state index contributed by atoms with van der Waals surface area (Å²) in [6.45, 7) is 3.74. The molecule has 0 bridgehead atoms. The van der Waals surface area contributed by atoms with Gasteiger partial charge in [-0.15, -0.1) is 11.3 Å². The highest BCUT2D eigenvalue weighted by Gasteiger charge is 2.24. The van der Waals surface area contributed by atoms with Crippen LogP contribution in [0.2, 0.25) is 4.34 Å². The molecule has 0 saturated heterocycles. The number of rotatable bonds is 7. The Hall–Kier alpha value is -0.140. The summed E-state index contributed by atoms with van der Waals surface area (Å²) in [7, 11) is -3.59. The Kier molecular flexibility index (Phi) is 6.07. The lowest BCUT2D eigenvalue weighted by atomic mass is 9.98. The zero-order valence-electron chi connectivity index (χ0n) is 10.4. The van der Waals surface area contributed by atoms with Gasteiger partial charge in [0.15, 0.2) is 0 Å². The number of aliphatic hydroxyl groups is 1. The van der Waals surface area contributed by atoms with Crippen LogP contribution in [0.15, 0.2) is 16.3 Å². The molecule has 7 heteroatoms. The van der Waals surface area contributed by atoms with Gasteiger partial charge in [-0.1, -0.05) is 31.9 Å². The van der Waals surface area contributed by atoms with E-state index < -0.39 is 16.1 Å². The third kappa shape index (κ3) is 4.20. The molecule has 0 unspecified atom stereocenters. The molecule has 0 fully saturated rings. The van der Waals surface area contributed by atoms with Crippen LogP contribution in [0.4, 0.5) is 0 Å². The number of hydrogen-bond donors (Lipinski definition) is 2. The Balaban J connectivity index is 2.81. The minimum absolute atomic E-state index is 0.0882. The molecule has 0 aliphatic carbocycles. The molecule has 104 valence electrons. The molecule has 0 aromatic carbocycles. The first-order valence-corrected chi connectivity index (χ1v) is 8.47. The van der Waals surface area contributed by atoms with Crippen molar-refractivity contribution in [2.45, 2.75) is 36.9 Å². The van der Waals surface area contributed by atoms with E-state index in [0.717, 1.165) is 24.2 Å². The number of halogens is 1. The second kappa shape index (κ2) is 6.86. The molecule has 4 nitrogen and oxygen atoms in total. The summed E-state index contributed by atoms with van der Waals surface area (Å²) >= 11 is 6.73. The third-order valence-electron chi connectivity index (χ3n) is 2.75. The van der Waals surface area contributed by atoms with Gasteiger partial charge in [-0.2, -0.15) is 0 Å². The maximum Gasteiger partial charge on any atom is 0.250 e. The van der Waals surface area contributed by atoms with Gasteiger partial charge in [-0.3, -0.25) is 0 Å². The molecule has 0 aliphatic heterocycles. The van der Waals surface area contributed by atoms with E-state index in [1.54, 1.807) is 6.07 Å². The predicted molar refractivity (Wildman–Crippen MR) is 74.6 cm³/mol. The van der Waals surface area contributed by atoms with Crippen molar-refractivity contribution in [3.8, 4) is 0 Å². The van der Waals surface area contributed by atoms with Crippen LogP contribution in [-0.2, 0) is 10.0 Å². The smallest absolute Gasteiger partial charge is 0.250 e. The summed E-state index contributed by atoms with van der Waals surface area (Å²) in [6, 6.07) is 2.55. The van der Waals surface area contributed by atoms with Crippen LogP contribution < -0.4 is 4.72 Å². The van der Waals surface area contributed by atoms with Crippen LogP contribution >= 0.6 is 22.9 Å². The van der Waals surface area contributed by atoms with E-state index in [1.807, 2.05) is 13.8 Å². The highest BCUT2D eigenvalue weighted by Crippen LogP contribution is 2.26. The number of hydrogen-bond acceptors (Lipinski definition) is 4. The largest absolute Gasteiger partial charge is 0.395 e. The van der Waals surface area contributed by atoms with Gasteiger partial charge in [0.25, 0.3) is 0 Å². The first-order chi connectivity index (χ1) is 8.40. The molecule has 0 radical (unpaired) electrons. The highest BCUT2D eigenvalue weighted by atomic mass is 35.5. The molecule has 2 N–H and O–H groups in total. The van der Waals surface area contributed by atoms with Crippen molar-refractivity contribution in [2.24, 2.45) is 5.92 Å². The number of nitrogens with one attached hydrogen (secondary N) is 1. The van der Waals surface area contributed by atoms with E-state index in [1.165, 1.54) is 6.07 Å². The molecule has 1 heterocycles. The van der Waals surface area contributed by atoms with Crippen molar-refractivity contribution in [1.29, 1.82) is 0 Å². The molecule has 2 atom stereocenters. The van der Waals surface area contributed by atoms with Gasteiger partial charge in [0, 0.05) is 6.04 Å². The van der Waals surface area contributed by atoms with Gasteiger partial charge in [0.05, 0.1) is 10.9 Å². The van der Waals surface area contributed by atoms with Crippen LogP contribution in [0, 0.1) is 5.92 Å². The van der Waals surface area contributed by atoms with Crippen LogP contribution in [0.3, 0.4) is 0 Å². The minimum Gasteiger partial charge on any atom is -0.395 e. The Bertz CT molecular complexity index is 472. The first-order valence-electron chi connectivity index (χ1n) is 5.79. The molecular formula is C11H18ClNO3S2. The molecule has 1 aromatic rings. The van der Waals surface area contributed by atoms with Crippen molar-refractivity contribution in [2.75, 3.05) is 6.61 Å². The standard InChI is InChI=1S/C11H18ClNO3S2/c1-3-4-8(2)9(7-14)13-18(15,16)11-6-5-10(12)17-11/h5-6,8-9,13-14H,3-4,7H2,1-2H3/t8-,9-/m0/s1. The predicted octanol–water partition coefficient (Wildman–Crippen LogP) is 2.48. The van der Waals surface area contributed by atoms with E-state index in [9.17, 15) is 13.5 Å². The van der Waals surface area contributed by atoms with Gasteiger partial charge in [-0.25, -0.2) is 13.1 Å². The van der Waals surface area contributed by atoms with E-state index in [0.29, 0.717) is 4.34 Å². The van der Waals surface area contributed by atoms with Crippen LogP contribution in [0.5, 0.6) is 0 Å². The molecule has 0 aliphatic rings. The van der Waals surface area contributed by atoms with Crippen LogP contribution in [0.25, 0.3) is 0 Å². The van der Waals surface area contributed by atoms with E-state index in [2.05, 4.69) is 4.72 Å². The zero-order chi connectivity index (χ0) is 13.8. The average molecular weight is 312 g/mol. The van der Waals surface area contributed by atoms with E-state index in [4.69, 9.17) is 11.6 Å². The second-order valence-corrected chi connectivity index (χ2v) is 7.89. The fraction of sp³-hybridized carbons (Fsp3) is 0.636. The lowest BCUT2D eigenvalue weighted by molar-refractivity contribution is 0.216. The second-order valence-electron chi connectivity index (χ2n) is 4.23. The molecule has 0 spiro atoms. The molecular weight excluding hydrogens is 294 g/mol. The molecule has 1 rings (SSSR count). The van der Waals surface area contributed by atoms with Crippen molar-refractivity contribution >= 4 is 33.0 Å². The van der Waals surface area contributed by atoms with Crippen molar-refractivity contribution in [3.63, 3.8) is 0 Å². The molecule has 0 amide bonds. The fourth-order valence-electron chi connectivity index (χ4n) is 1.69. The third-order valence-corrected chi connectivity index (χ3v) is 5.96. The van der Waals surface area contributed by atoms with E-state index >= 15 is 0 Å². The first kappa shape index (κ1) is 15.9. The SMILES string of the molecule is CCC[C@H](C)[C@H](CO)NS(=O)(=O)c1ccc(Cl)s1. The number of thiophene rings is 1. The lowest BCUT2D eigenvalue weighted by Gasteiger charge is -2.22. The summed E-state index contributed by atoms with van der Waals surface area (Å²) < 4.78 is 27.2.